The monoisotopic (exact) mass is 217 g/mol. The molecule has 0 aromatic carbocycles. The number of aromatic nitrogens is 1. The molecule has 1 rings (SSSR count). The van der Waals surface area contributed by atoms with E-state index in [0.717, 1.165) is 0 Å². The van der Waals surface area contributed by atoms with Crippen molar-refractivity contribution in [3.8, 4) is 11.9 Å². The first-order valence-corrected chi connectivity index (χ1v) is 3.82. The number of hydrogen-bond acceptors (Lipinski definition) is 4. The Kier molecular flexibility index (Phi) is 3.11. The van der Waals surface area contributed by atoms with E-state index >= 15 is 0 Å². The molecule has 7 heteroatoms. The molecule has 0 unspecified atom stereocenters. The van der Waals surface area contributed by atoms with Crippen LogP contribution in [0.5, 0.6) is 5.88 Å². The number of halogens is 3. The fourth-order valence-corrected chi connectivity index (χ4v) is 0.865. The first-order chi connectivity index (χ1) is 6.96. The van der Waals surface area contributed by atoms with Crippen LogP contribution < -0.4 is 10.5 Å². The van der Waals surface area contributed by atoms with E-state index < -0.39 is 12.2 Å². The van der Waals surface area contributed by atoms with Gasteiger partial charge >= 0.3 is 6.36 Å². The molecule has 0 spiro atoms. The Hall–Kier alpha value is -1.81. The van der Waals surface area contributed by atoms with Crippen molar-refractivity contribution < 1.29 is 17.9 Å². The largest absolute Gasteiger partial charge is 0.574 e. The van der Waals surface area contributed by atoms with Crippen molar-refractivity contribution in [2.45, 2.75) is 12.9 Å². The van der Waals surface area contributed by atoms with E-state index in [1.165, 1.54) is 12.1 Å². The Bertz CT molecular complexity index is 397. The highest BCUT2D eigenvalue weighted by Gasteiger charge is 2.33. The van der Waals surface area contributed by atoms with Crippen molar-refractivity contribution in [1.82, 2.24) is 4.98 Å². The smallest absolute Gasteiger partial charge is 0.386 e. The zero-order valence-corrected chi connectivity index (χ0v) is 7.38. The number of ether oxygens (including phenoxy) is 1. The van der Waals surface area contributed by atoms with Gasteiger partial charge in [0.25, 0.3) is 0 Å². The van der Waals surface area contributed by atoms with Gasteiger partial charge in [0.2, 0.25) is 5.88 Å². The molecule has 0 saturated carbocycles. The maximum atomic E-state index is 11.9. The summed E-state index contributed by atoms with van der Waals surface area (Å²) in [5, 5.41) is 8.51. The van der Waals surface area contributed by atoms with Crippen LogP contribution in [0.2, 0.25) is 0 Å². The zero-order valence-electron chi connectivity index (χ0n) is 7.38. The Morgan fingerprint density at radius 1 is 1.47 bits per heavy atom. The van der Waals surface area contributed by atoms with Gasteiger partial charge in [-0.2, -0.15) is 5.26 Å². The standard InChI is InChI=1S/C8H6F3N3O/c9-8(10,11)15-7-5(3-12)1-2-6(4-13)14-7/h1-2H,4,13H2. The van der Waals surface area contributed by atoms with E-state index in [1.54, 1.807) is 6.07 Å². The van der Waals surface area contributed by atoms with Crippen LogP contribution in [0.3, 0.4) is 0 Å². The number of rotatable bonds is 2. The van der Waals surface area contributed by atoms with E-state index in [2.05, 4.69) is 9.72 Å². The van der Waals surface area contributed by atoms with Crippen LogP contribution in [0.25, 0.3) is 0 Å². The molecule has 1 aromatic rings. The van der Waals surface area contributed by atoms with Crippen molar-refractivity contribution in [2.24, 2.45) is 5.73 Å². The number of hydrogen-bond donors (Lipinski definition) is 1. The molecule has 15 heavy (non-hydrogen) atoms. The van der Waals surface area contributed by atoms with Crippen molar-refractivity contribution in [3.05, 3.63) is 23.4 Å². The molecule has 80 valence electrons. The van der Waals surface area contributed by atoms with E-state index in [9.17, 15) is 13.2 Å². The summed E-state index contributed by atoms with van der Waals surface area (Å²) >= 11 is 0. The summed E-state index contributed by atoms with van der Waals surface area (Å²) in [6, 6.07) is 4.08. The third-order valence-electron chi connectivity index (χ3n) is 1.46. The summed E-state index contributed by atoms with van der Waals surface area (Å²) in [6.07, 6.45) is -4.87. The van der Waals surface area contributed by atoms with Gasteiger partial charge in [0, 0.05) is 6.54 Å². The second-order valence-corrected chi connectivity index (χ2v) is 2.52. The normalized spacial score (nSPS) is 10.9. The van der Waals surface area contributed by atoms with E-state index in [1.807, 2.05) is 0 Å². The molecule has 0 saturated heterocycles. The average Bonchev–Trinajstić information content (AvgIpc) is 2.15. The minimum atomic E-state index is -4.87. The number of nitriles is 1. The van der Waals surface area contributed by atoms with Crippen LogP contribution in [-0.4, -0.2) is 11.3 Å². The number of pyridine rings is 1. The molecule has 0 radical (unpaired) electrons. The molecule has 2 N–H and O–H groups in total. The van der Waals surface area contributed by atoms with Gasteiger partial charge in [-0.3, -0.25) is 0 Å². The molecular weight excluding hydrogens is 211 g/mol. The predicted molar refractivity (Wildman–Crippen MR) is 43.5 cm³/mol. The topological polar surface area (TPSA) is 71.9 Å². The van der Waals surface area contributed by atoms with Gasteiger partial charge in [-0.25, -0.2) is 4.98 Å². The first kappa shape index (κ1) is 11.3. The Morgan fingerprint density at radius 3 is 2.60 bits per heavy atom. The van der Waals surface area contributed by atoms with Crippen molar-refractivity contribution >= 4 is 0 Å². The fourth-order valence-electron chi connectivity index (χ4n) is 0.865. The van der Waals surface area contributed by atoms with Gasteiger partial charge < -0.3 is 10.5 Å². The summed E-state index contributed by atoms with van der Waals surface area (Å²) < 4.78 is 39.2. The highest BCUT2D eigenvalue weighted by atomic mass is 19.4. The Labute approximate surface area is 83.1 Å². The van der Waals surface area contributed by atoms with Crippen molar-refractivity contribution in [3.63, 3.8) is 0 Å². The van der Waals surface area contributed by atoms with E-state index in [4.69, 9.17) is 11.0 Å². The third-order valence-corrected chi connectivity index (χ3v) is 1.46. The SMILES string of the molecule is N#Cc1ccc(CN)nc1OC(F)(F)F. The predicted octanol–water partition coefficient (Wildman–Crippen LogP) is 1.31. The van der Waals surface area contributed by atoms with E-state index in [0.29, 0.717) is 0 Å². The Balaban J connectivity index is 3.08. The molecule has 0 bridgehead atoms. The zero-order chi connectivity index (χ0) is 11.5. The average molecular weight is 217 g/mol. The summed E-state index contributed by atoms with van der Waals surface area (Å²) in [6.45, 7) is -0.0279. The molecule has 0 aliphatic carbocycles. The maximum Gasteiger partial charge on any atom is 0.574 e. The molecule has 0 atom stereocenters. The maximum absolute atomic E-state index is 11.9. The van der Waals surface area contributed by atoms with Crippen molar-refractivity contribution in [2.75, 3.05) is 0 Å². The van der Waals surface area contributed by atoms with Crippen LogP contribution in [-0.2, 0) is 6.54 Å². The summed E-state index contributed by atoms with van der Waals surface area (Å²) in [4.78, 5) is 3.46. The summed E-state index contributed by atoms with van der Waals surface area (Å²) in [7, 11) is 0. The highest BCUT2D eigenvalue weighted by molar-refractivity contribution is 5.38. The first-order valence-electron chi connectivity index (χ1n) is 3.82. The Morgan fingerprint density at radius 2 is 2.13 bits per heavy atom. The van der Waals surface area contributed by atoms with Crippen molar-refractivity contribution in [1.29, 1.82) is 5.26 Å². The van der Waals surface area contributed by atoms with Gasteiger partial charge in [0.05, 0.1) is 5.69 Å². The lowest BCUT2D eigenvalue weighted by atomic mass is 10.2. The molecule has 0 aliphatic heterocycles. The van der Waals surface area contributed by atoms with Crippen LogP contribution in [0.1, 0.15) is 11.3 Å². The minimum absolute atomic E-state index is 0.0279. The van der Waals surface area contributed by atoms with Crippen LogP contribution in [0.15, 0.2) is 12.1 Å². The third kappa shape index (κ3) is 3.11. The second kappa shape index (κ2) is 4.14. The van der Waals surface area contributed by atoms with Gasteiger partial charge in [-0.05, 0) is 12.1 Å². The minimum Gasteiger partial charge on any atom is -0.386 e. The lowest BCUT2D eigenvalue weighted by Crippen LogP contribution is -2.19. The quantitative estimate of drug-likeness (QED) is 0.810. The lowest BCUT2D eigenvalue weighted by Gasteiger charge is -2.09. The lowest BCUT2D eigenvalue weighted by molar-refractivity contribution is -0.276. The molecule has 1 aromatic heterocycles. The van der Waals surface area contributed by atoms with Crippen LogP contribution >= 0.6 is 0 Å². The summed E-state index contributed by atoms with van der Waals surface area (Å²) in [5.41, 5.74) is 5.12. The molecule has 0 amide bonds. The van der Waals surface area contributed by atoms with Gasteiger partial charge in [-0.1, -0.05) is 0 Å². The molecule has 4 nitrogen and oxygen atoms in total. The van der Waals surface area contributed by atoms with Gasteiger partial charge in [-0.15, -0.1) is 13.2 Å². The highest BCUT2D eigenvalue weighted by Crippen LogP contribution is 2.24. The molecule has 0 aliphatic rings. The summed E-state index contributed by atoms with van der Waals surface area (Å²) in [5.74, 6) is -0.770. The van der Waals surface area contributed by atoms with Crippen LogP contribution in [0, 0.1) is 11.3 Å². The van der Waals surface area contributed by atoms with Gasteiger partial charge in [0.1, 0.15) is 11.6 Å². The molecule has 1 heterocycles. The van der Waals surface area contributed by atoms with E-state index in [-0.39, 0.29) is 17.8 Å². The number of nitrogens with zero attached hydrogens (tertiary/aromatic N) is 2. The molecular formula is C8H6F3N3O. The van der Waals surface area contributed by atoms with Gasteiger partial charge in [0.15, 0.2) is 0 Å². The van der Waals surface area contributed by atoms with Crippen LogP contribution in [0.4, 0.5) is 13.2 Å². The molecule has 0 fully saturated rings. The second-order valence-electron chi connectivity index (χ2n) is 2.52. The number of nitrogens with two attached hydrogens (primary N) is 1. The number of alkyl halides is 3. The fraction of sp³-hybridized carbons (Fsp3) is 0.250.